The lowest BCUT2D eigenvalue weighted by Gasteiger charge is -2.10. The van der Waals surface area contributed by atoms with Crippen molar-refractivity contribution in [3.63, 3.8) is 0 Å². The topological polar surface area (TPSA) is 165 Å². The van der Waals surface area contributed by atoms with Crippen molar-refractivity contribution in [3.05, 3.63) is 65.5 Å². The standard InChI is InChI=1S/C20H12N4O6S/c21-9-31-10-24-16(14-5-11(18(25)26)1-3-22-14)7-13(20(29)30)8-17(24)15-6-12(19(27)28)2-4-23-15/h1-8H,10H2,(H2-,25,26,27,28,29,30)/p+1. The van der Waals surface area contributed by atoms with Crippen molar-refractivity contribution in [1.82, 2.24) is 9.97 Å². The van der Waals surface area contributed by atoms with Gasteiger partial charge >= 0.3 is 17.9 Å². The average molecular weight is 437 g/mol. The number of carboxylic acid groups (broad SMARTS) is 3. The van der Waals surface area contributed by atoms with Crippen molar-refractivity contribution < 1.29 is 34.3 Å². The molecule has 10 nitrogen and oxygen atoms in total. The molecule has 3 heterocycles. The zero-order valence-corrected chi connectivity index (χ0v) is 16.4. The lowest BCUT2D eigenvalue weighted by Crippen LogP contribution is -2.38. The van der Waals surface area contributed by atoms with Crippen molar-refractivity contribution in [3.8, 4) is 28.2 Å². The summed E-state index contributed by atoms with van der Waals surface area (Å²) < 4.78 is 1.53. The highest BCUT2D eigenvalue weighted by atomic mass is 32.2. The molecule has 0 spiro atoms. The second-order valence-electron chi connectivity index (χ2n) is 6.08. The van der Waals surface area contributed by atoms with Crippen LogP contribution >= 0.6 is 11.8 Å². The maximum atomic E-state index is 11.7. The third kappa shape index (κ3) is 4.65. The Morgan fingerprint density at radius 1 is 0.839 bits per heavy atom. The highest BCUT2D eigenvalue weighted by Gasteiger charge is 2.27. The van der Waals surface area contributed by atoms with Gasteiger partial charge < -0.3 is 15.3 Å². The molecule has 31 heavy (non-hydrogen) atoms. The predicted molar refractivity (Wildman–Crippen MR) is 107 cm³/mol. The molecule has 0 aliphatic rings. The second-order valence-corrected chi connectivity index (χ2v) is 6.81. The molecule has 11 heteroatoms. The summed E-state index contributed by atoms with van der Waals surface area (Å²) >= 11 is 0.847. The van der Waals surface area contributed by atoms with E-state index in [1.165, 1.54) is 53.4 Å². The number of nitriles is 1. The molecule has 0 atom stereocenters. The zero-order valence-electron chi connectivity index (χ0n) is 15.6. The number of aromatic nitrogens is 3. The number of nitrogens with zero attached hydrogens (tertiary/aromatic N) is 4. The summed E-state index contributed by atoms with van der Waals surface area (Å²) in [7, 11) is 0. The molecule has 0 radical (unpaired) electrons. The molecule has 0 aliphatic carbocycles. The number of aromatic carboxylic acids is 3. The molecular weight excluding hydrogens is 424 g/mol. The number of carboxylic acids is 3. The summed E-state index contributed by atoms with van der Waals surface area (Å²) in [6.07, 6.45) is 2.55. The van der Waals surface area contributed by atoms with Gasteiger partial charge in [0.05, 0.1) is 16.7 Å². The van der Waals surface area contributed by atoms with Crippen LogP contribution < -0.4 is 4.57 Å². The number of hydrogen-bond donors (Lipinski definition) is 3. The molecule has 0 saturated heterocycles. The monoisotopic (exact) mass is 437 g/mol. The molecule has 3 N–H and O–H groups in total. The minimum absolute atomic E-state index is 0.0268. The molecule has 0 bridgehead atoms. The zero-order chi connectivity index (χ0) is 22.5. The quantitative estimate of drug-likeness (QED) is 0.369. The van der Waals surface area contributed by atoms with E-state index in [1.807, 2.05) is 5.40 Å². The van der Waals surface area contributed by atoms with Crippen LogP contribution in [0.2, 0.25) is 0 Å². The van der Waals surface area contributed by atoms with Gasteiger partial charge in [0.15, 0.2) is 0 Å². The third-order valence-corrected chi connectivity index (χ3v) is 4.73. The average Bonchev–Trinajstić information content (AvgIpc) is 2.77. The molecule has 0 aliphatic heterocycles. The van der Waals surface area contributed by atoms with Crippen LogP contribution in [0, 0.1) is 10.7 Å². The lowest BCUT2D eigenvalue weighted by atomic mass is 10.1. The first kappa shape index (κ1) is 21.4. The summed E-state index contributed by atoms with van der Waals surface area (Å²) in [5.74, 6) is -3.61. The number of carbonyl (C=O) groups is 3. The summed E-state index contributed by atoms with van der Waals surface area (Å²) in [4.78, 5) is 42.8. The number of thioether (sulfide) groups is 1. The van der Waals surface area contributed by atoms with Gasteiger partial charge in [-0.1, -0.05) is 0 Å². The van der Waals surface area contributed by atoms with E-state index in [9.17, 15) is 29.7 Å². The molecule has 0 saturated carbocycles. The maximum absolute atomic E-state index is 11.7. The van der Waals surface area contributed by atoms with Crippen LogP contribution in [-0.2, 0) is 5.88 Å². The number of hydrogen-bond acceptors (Lipinski definition) is 7. The highest BCUT2D eigenvalue weighted by Crippen LogP contribution is 2.24. The first-order chi connectivity index (χ1) is 14.8. The van der Waals surface area contributed by atoms with Crippen LogP contribution in [0.15, 0.2) is 48.8 Å². The van der Waals surface area contributed by atoms with Crippen molar-refractivity contribution in [1.29, 1.82) is 5.26 Å². The molecule has 0 fully saturated rings. The van der Waals surface area contributed by atoms with Gasteiger partial charge in [-0.3, -0.25) is 0 Å². The molecule has 3 aromatic heterocycles. The van der Waals surface area contributed by atoms with Crippen LogP contribution in [0.25, 0.3) is 22.8 Å². The van der Waals surface area contributed by atoms with Gasteiger partial charge in [0.25, 0.3) is 0 Å². The lowest BCUT2D eigenvalue weighted by molar-refractivity contribution is -0.653. The first-order valence-corrected chi connectivity index (χ1v) is 9.52. The molecule has 0 unspecified atom stereocenters. The summed E-state index contributed by atoms with van der Waals surface area (Å²) in [5.41, 5.74) is 0.518. The Morgan fingerprint density at radius 2 is 1.29 bits per heavy atom. The number of rotatable bonds is 7. The Morgan fingerprint density at radius 3 is 1.68 bits per heavy atom. The van der Waals surface area contributed by atoms with Gasteiger partial charge in [0.1, 0.15) is 16.8 Å². The van der Waals surface area contributed by atoms with E-state index >= 15 is 0 Å². The van der Waals surface area contributed by atoms with E-state index in [2.05, 4.69) is 9.97 Å². The van der Waals surface area contributed by atoms with Gasteiger partial charge in [-0.05, 0) is 24.3 Å². The smallest absolute Gasteiger partial charge is 0.336 e. The fourth-order valence-corrected chi connectivity index (χ4v) is 3.27. The highest BCUT2D eigenvalue weighted by molar-refractivity contribution is 8.02. The number of pyridine rings is 3. The van der Waals surface area contributed by atoms with Gasteiger partial charge in [0, 0.05) is 36.3 Å². The Kier molecular flexibility index (Phi) is 6.23. The minimum Gasteiger partial charge on any atom is -0.478 e. The summed E-state index contributed by atoms with van der Waals surface area (Å²) in [5, 5.41) is 39.1. The predicted octanol–water partition coefficient (Wildman–Crippen LogP) is 2.36. The van der Waals surface area contributed by atoms with Gasteiger partial charge in [-0.15, -0.1) is 0 Å². The molecular formula is C20H13N4O6S+. The van der Waals surface area contributed by atoms with Crippen LogP contribution in [0.5, 0.6) is 0 Å². The second kappa shape index (κ2) is 9.02. The van der Waals surface area contributed by atoms with Gasteiger partial charge in [0.2, 0.25) is 17.3 Å². The van der Waals surface area contributed by atoms with Crippen LogP contribution in [0.1, 0.15) is 31.1 Å². The van der Waals surface area contributed by atoms with Crippen molar-refractivity contribution in [2.45, 2.75) is 5.88 Å². The molecule has 3 aromatic rings. The molecule has 0 amide bonds. The van der Waals surface area contributed by atoms with Crippen molar-refractivity contribution >= 4 is 29.7 Å². The Hall–Kier alpha value is -4.30. The minimum atomic E-state index is -1.26. The fraction of sp³-hybridized carbons (Fsp3) is 0.0500. The Labute approximate surface area is 179 Å². The largest absolute Gasteiger partial charge is 0.478 e. The fourth-order valence-electron chi connectivity index (χ4n) is 2.81. The van der Waals surface area contributed by atoms with E-state index in [0.717, 1.165) is 11.8 Å². The number of thiocyanates is 1. The third-order valence-electron chi connectivity index (χ3n) is 4.21. The van der Waals surface area contributed by atoms with E-state index in [-0.39, 0.29) is 45.3 Å². The molecule has 3 rings (SSSR count). The van der Waals surface area contributed by atoms with Crippen LogP contribution in [-0.4, -0.2) is 43.2 Å². The molecule has 154 valence electrons. The first-order valence-electron chi connectivity index (χ1n) is 8.53. The van der Waals surface area contributed by atoms with Crippen molar-refractivity contribution in [2.75, 3.05) is 0 Å². The Bertz CT molecular complexity index is 1180. The summed E-state index contributed by atoms with van der Waals surface area (Å²) in [6, 6.07) is 7.75. The van der Waals surface area contributed by atoms with Crippen LogP contribution in [0.3, 0.4) is 0 Å². The van der Waals surface area contributed by atoms with E-state index in [0.29, 0.717) is 0 Å². The van der Waals surface area contributed by atoms with E-state index < -0.39 is 17.9 Å². The van der Waals surface area contributed by atoms with E-state index in [4.69, 9.17) is 5.26 Å². The Balaban J connectivity index is 2.35. The van der Waals surface area contributed by atoms with Crippen LogP contribution in [0.4, 0.5) is 0 Å². The van der Waals surface area contributed by atoms with Crippen molar-refractivity contribution in [2.24, 2.45) is 0 Å². The van der Waals surface area contributed by atoms with Gasteiger partial charge in [-0.2, -0.15) is 9.83 Å². The summed E-state index contributed by atoms with van der Waals surface area (Å²) in [6.45, 7) is 0. The normalized spacial score (nSPS) is 10.3. The molecule has 0 aromatic carbocycles. The maximum Gasteiger partial charge on any atom is 0.336 e. The SMILES string of the molecule is N#CSC[n+]1c(-c2cc(C(=O)O)ccn2)cc(C(=O)O)cc1-c1cc(C(=O)O)ccn1. The van der Waals surface area contributed by atoms with E-state index in [1.54, 1.807) is 0 Å². The van der Waals surface area contributed by atoms with Gasteiger partial charge in [-0.25, -0.2) is 24.4 Å².